The molecule has 134 valence electrons. The van der Waals surface area contributed by atoms with E-state index in [0.717, 1.165) is 25.9 Å². The Balaban J connectivity index is 1.50. The Kier molecular flexibility index (Phi) is 5.31. The molecule has 2 N–H and O–H groups in total. The van der Waals surface area contributed by atoms with Crippen molar-refractivity contribution >= 4 is 21.6 Å². The predicted octanol–water partition coefficient (Wildman–Crippen LogP) is 1.77. The fourth-order valence-corrected chi connectivity index (χ4v) is 3.80. The zero-order valence-electron chi connectivity index (χ0n) is 13.0. The molecule has 0 spiro atoms. The van der Waals surface area contributed by atoms with E-state index in [4.69, 9.17) is 26.2 Å². The number of nitrogens with zero attached hydrogens (tertiary/aromatic N) is 1. The van der Waals surface area contributed by atoms with Crippen LogP contribution >= 0.6 is 11.6 Å². The minimum absolute atomic E-state index is 0.0448. The molecular formula is C15H20ClFN2O4S. The molecule has 2 aliphatic rings. The number of hydrogen-bond donors (Lipinski definition) is 1. The summed E-state index contributed by atoms with van der Waals surface area (Å²) in [7, 11) is -3.78. The maximum absolute atomic E-state index is 13.2. The summed E-state index contributed by atoms with van der Waals surface area (Å²) in [6.45, 7) is 2.60. The monoisotopic (exact) mass is 378 g/mol. The average Bonchev–Trinajstić information content (AvgIpc) is 2.52. The van der Waals surface area contributed by atoms with Crippen molar-refractivity contribution in [3.8, 4) is 5.75 Å². The van der Waals surface area contributed by atoms with Gasteiger partial charge >= 0.3 is 0 Å². The molecule has 0 aromatic heterocycles. The van der Waals surface area contributed by atoms with Crippen molar-refractivity contribution in [1.29, 1.82) is 0 Å². The van der Waals surface area contributed by atoms with Crippen molar-refractivity contribution in [2.24, 2.45) is 11.1 Å². The molecule has 0 saturated carbocycles. The first-order chi connectivity index (χ1) is 11.3. The molecule has 2 unspecified atom stereocenters. The van der Waals surface area contributed by atoms with E-state index in [1.54, 1.807) is 0 Å². The summed E-state index contributed by atoms with van der Waals surface area (Å²) in [5.74, 6) is 0.789. The standard InChI is InChI=1S/C15H20ClFN2O4S/c16-12-7-11(24(18,20)21)1-2-14(12)22-8-10-3-5-19(6-4-10)13-9-23-15(13)17/h1-2,7,10,13,15H,3-6,8-9H2,(H2,18,20,21). The van der Waals surface area contributed by atoms with Crippen molar-refractivity contribution in [2.45, 2.75) is 30.1 Å². The second-order valence-electron chi connectivity index (χ2n) is 6.18. The zero-order valence-corrected chi connectivity index (χ0v) is 14.6. The van der Waals surface area contributed by atoms with Crippen LogP contribution in [0.2, 0.25) is 5.02 Å². The molecule has 1 aromatic carbocycles. The molecule has 2 atom stereocenters. The number of ether oxygens (including phenoxy) is 2. The van der Waals surface area contributed by atoms with E-state index in [-0.39, 0.29) is 16.0 Å². The van der Waals surface area contributed by atoms with Crippen LogP contribution in [0.15, 0.2) is 23.1 Å². The van der Waals surface area contributed by atoms with Gasteiger partial charge in [-0.3, -0.25) is 4.90 Å². The first kappa shape index (κ1) is 17.9. The van der Waals surface area contributed by atoms with E-state index >= 15 is 0 Å². The van der Waals surface area contributed by atoms with Gasteiger partial charge < -0.3 is 9.47 Å². The largest absolute Gasteiger partial charge is 0.492 e. The number of primary sulfonamides is 1. The highest BCUT2D eigenvalue weighted by molar-refractivity contribution is 7.89. The van der Waals surface area contributed by atoms with Gasteiger partial charge in [0.25, 0.3) is 0 Å². The predicted molar refractivity (Wildman–Crippen MR) is 87.3 cm³/mol. The summed E-state index contributed by atoms with van der Waals surface area (Å²) in [6.07, 6.45) is 0.667. The lowest BCUT2D eigenvalue weighted by Gasteiger charge is -2.43. The average molecular weight is 379 g/mol. The third-order valence-corrected chi connectivity index (χ3v) is 5.76. The van der Waals surface area contributed by atoms with E-state index in [1.165, 1.54) is 18.2 Å². The van der Waals surface area contributed by atoms with Crippen LogP contribution in [0, 0.1) is 5.92 Å². The molecule has 0 radical (unpaired) electrons. The Labute approximate surface area is 145 Å². The van der Waals surface area contributed by atoms with Gasteiger partial charge in [0, 0.05) is 0 Å². The van der Waals surface area contributed by atoms with Gasteiger partial charge in [-0.05, 0) is 50.0 Å². The molecule has 2 fully saturated rings. The van der Waals surface area contributed by atoms with Gasteiger partial charge in [-0.25, -0.2) is 17.9 Å². The highest BCUT2D eigenvalue weighted by atomic mass is 35.5. The second-order valence-corrected chi connectivity index (χ2v) is 8.15. The second kappa shape index (κ2) is 7.13. The number of benzene rings is 1. The van der Waals surface area contributed by atoms with E-state index in [0.29, 0.717) is 24.9 Å². The minimum atomic E-state index is -3.78. The van der Waals surface area contributed by atoms with Gasteiger partial charge in [-0.1, -0.05) is 11.6 Å². The lowest BCUT2D eigenvalue weighted by molar-refractivity contribution is -0.202. The van der Waals surface area contributed by atoms with Crippen molar-refractivity contribution in [3.63, 3.8) is 0 Å². The van der Waals surface area contributed by atoms with E-state index in [9.17, 15) is 12.8 Å². The van der Waals surface area contributed by atoms with Crippen molar-refractivity contribution in [1.82, 2.24) is 4.90 Å². The molecular weight excluding hydrogens is 359 g/mol. The fraction of sp³-hybridized carbons (Fsp3) is 0.600. The number of nitrogens with two attached hydrogens (primary N) is 1. The van der Waals surface area contributed by atoms with Crippen molar-refractivity contribution in [3.05, 3.63) is 23.2 Å². The first-order valence-corrected chi connectivity index (χ1v) is 9.72. The van der Waals surface area contributed by atoms with Gasteiger partial charge in [0.15, 0.2) is 0 Å². The number of sulfonamides is 1. The molecule has 2 heterocycles. The molecule has 2 saturated heterocycles. The van der Waals surface area contributed by atoms with Gasteiger partial charge in [0.1, 0.15) is 5.75 Å². The third kappa shape index (κ3) is 4.00. The normalized spacial score (nSPS) is 26.1. The number of rotatable bonds is 5. The molecule has 9 heteroatoms. The van der Waals surface area contributed by atoms with E-state index in [2.05, 4.69) is 4.90 Å². The molecule has 0 bridgehead atoms. The lowest BCUT2D eigenvalue weighted by Crippen LogP contribution is -2.56. The highest BCUT2D eigenvalue weighted by Crippen LogP contribution is 2.30. The number of hydrogen-bond acceptors (Lipinski definition) is 5. The molecule has 6 nitrogen and oxygen atoms in total. The van der Waals surface area contributed by atoms with Gasteiger partial charge in [-0.15, -0.1) is 0 Å². The molecule has 0 amide bonds. The van der Waals surface area contributed by atoms with Gasteiger partial charge in [0.05, 0.1) is 29.2 Å². The summed E-state index contributed by atoms with van der Waals surface area (Å²) in [5, 5.41) is 5.28. The fourth-order valence-electron chi connectivity index (χ4n) is 2.96. The first-order valence-electron chi connectivity index (χ1n) is 7.79. The summed E-state index contributed by atoms with van der Waals surface area (Å²) in [5.41, 5.74) is 0. The number of likely N-dealkylation sites (tertiary alicyclic amines) is 1. The summed E-state index contributed by atoms with van der Waals surface area (Å²) in [4.78, 5) is 2.08. The molecule has 2 aliphatic heterocycles. The van der Waals surface area contributed by atoms with Crippen LogP contribution in [-0.2, 0) is 14.8 Å². The van der Waals surface area contributed by atoms with Crippen molar-refractivity contribution in [2.75, 3.05) is 26.3 Å². The Bertz CT molecular complexity index is 695. The Morgan fingerprint density at radius 2 is 2.08 bits per heavy atom. The van der Waals surface area contributed by atoms with Crippen LogP contribution in [0.1, 0.15) is 12.8 Å². The molecule has 24 heavy (non-hydrogen) atoms. The lowest BCUT2D eigenvalue weighted by atomic mass is 9.96. The maximum atomic E-state index is 13.2. The van der Waals surface area contributed by atoms with Crippen LogP contribution in [0.25, 0.3) is 0 Å². The quantitative estimate of drug-likeness (QED) is 0.844. The highest BCUT2D eigenvalue weighted by Gasteiger charge is 2.38. The van der Waals surface area contributed by atoms with Crippen LogP contribution in [0.3, 0.4) is 0 Å². The summed E-state index contributed by atoms with van der Waals surface area (Å²) >= 11 is 6.05. The maximum Gasteiger partial charge on any atom is 0.238 e. The number of halogens is 2. The topological polar surface area (TPSA) is 81.9 Å². The third-order valence-electron chi connectivity index (χ3n) is 4.55. The van der Waals surface area contributed by atoms with Crippen molar-refractivity contribution < 1.29 is 22.3 Å². The van der Waals surface area contributed by atoms with E-state index < -0.39 is 16.4 Å². The van der Waals surface area contributed by atoms with Gasteiger partial charge in [0.2, 0.25) is 16.4 Å². The minimum Gasteiger partial charge on any atom is -0.492 e. The van der Waals surface area contributed by atoms with Crippen LogP contribution in [0.4, 0.5) is 4.39 Å². The number of piperidine rings is 1. The van der Waals surface area contributed by atoms with E-state index in [1.807, 2.05) is 0 Å². The Morgan fingerprint density at radius 1 is 1.38 bits per heavy atom. The molecule has 0 aliphatic carbocycles. The molecule has 1 aromatic rings. The SMILES string of the molecule is NS(=O)(=O)c1ccc(OCC2CCN(C3COC3F)CC2)c(Cl)c1. The van der Waals surface area contributed by atoms with Crippen LogP contribution in [0.5, 0.6) is 5.75 Å². The van der Waals surface area contributed by atoms with Crippen LogP contribution in [-0.4, -0.2) is 52.0 Å². The summed E-state index contributed by atoms with van der Waals surface area (Å²) < 4.78 is 46.3. The van der Waals surface area contributed by atoms with Crippen LogP contribution < -0.4 is 9.88 Å². The summed E-state index contributed by atoms with van der Waals surface area (Å²) in [6, 6.07) is 4.06. The molecule has 3 rings (SSSR count). The number of alkyl halides is 1. The zero-order chi connectivity index (χ0) is 17.3. The Hall–Kier alpha value is -0.930. The van der Waals surface area contributed by atoms with Gasteiger partial charge in [-0.2, -0.15) is 0 Å². The Morgan fingerprint density at radius 3 is 2.58 bits per heavy atom. The smallest absolute Gasteiger partial charge is 0.238 e.